The average molecular weight is 271 g/mol. The molecule has 1 rings (SSSR count). The molecule has 5 heteroatoms. The van der Waals surface area contributed by atoms with E-state index < -0.39 is 4.92 Å². The molecule has 0 heterocycles. The summed E-state index contributed by atoms with van der Waals surface area (Å²) in [5.74, 6) is 0. The third-order valence-electron chi connectivity index (χ3n) is 1.98. The number of anilines is 1. The number of hydrogen-bond donors (Lipinski definition) is 1. The SMILES string of the molecule is Cc1cc(C=CCBr)c(N)cc1[N+](=O)[O-]. The van der Waals surface area contributed by atoms with Crippen molar-refractivity contribution >= 4 is 33.4 Å². The lowest BCUT2D eigenvalue weighted by Crippen LogP contribution is -1.96. The summed E-state index contributed by atoms with van der Waals surface area (Å²) >= 11 is 3.25. The van der Waals surface area contributed by atoms with Gasteiger partial charge in [0.05, 0.1) is 4.92 Å². The van der Waals surface area contributed by atoms with Gasteiger partial charge in [0, 0.05) is 22.6 Å². The Morgan fingerprint density at radius 2 is 2.27 bits per heavy atom. The predicted octanol–water partition coefficient (Wildman–Crippen LogP) is 2.89. The van der Waals surface area contributed by atoms with Gasteiger partial charge in [0.2, 0.25) is 0 Å². The number of benzene rings is 1. The molecule has 0 spiro atoms. The third kappa shape index (κ3) is 2.79. The lowest BCUT2D eigenvalue weighted by molar-refractivity contribution is -0.385. The molecular formula is C10H11BrN2O2. The van der Waals surface area contributed by atoms with Crippen LogP contribution < -0.4 is 5.73 Å². The van der Waals surface area contributed by atoms with E-state index in [1.54, 1.807) is 13.0 Å². The maximum Gasteiger partial charge on any atom is 0.274 e. The van der Waals surface area contributed by atoms with Gasteiger partial charge in [-0.15, -0.1) is 0 Å². The van der Waals surface area contributed by atoms with Crippen molar-refractivity contribution in [3.8, 4) is 0 Å². The van der Waals surface area contributed by atoms with Crippen molar-refractivity contribution in [2.24, 2.45) is 0 Å². The molecule has 0 aliphatic rings. The number of allylic oxidation sites excluding steroid dienone is 1. The highest BCUT2D eigenvalue weighted by atomic mass is 79.9. The Labute approximate surface area is 96.1 Å². The molecule has 0 bridgehead atoms. The van der Waals surface area contributed by atoms with Crippen LogP contribution in [0.15, 0.2) is 18.2 Å². The number of rotatable bonds is 3. The first-order valence-electron chi connectivity index (χ1n) is 4.33. The van der Waals surface area contributed by atoms with Gasteiger partial charge < -0.3 is 5.73 Å². The van der Waals surface area contributed by atoms with Crippen LogP contribution in [0.25, 0.3) is 6.08 Å². The van der Waals surface area contributed by atoms with Crippen molar-refractivity contribution in [1.29, 1.82) is 0 Å². The van der Waals surface area contributed by atoms with Gasteiger partial charge in [-0.2, -0.15) is 0 Å². The van der Waals surface area contributed by atoms with Crippen LogP contribution in [0.2, 0.25) is 0 Å². The molecule has 80 valence electrons. The molecule has 0 unspecified atom stereocenters. The highest BCUT2D eigenvalue weighted by Gasteiger charge is 2.12. The van der Waals surface area contributed by atoms with Gasteiger partial charge in [-0.3, -0.25) is 10.1 Å². The predicted molar refractivity (Wildman–Crippen MR) is 65.1 cm³/mol. The Morgan fingerprint density at radius 1 is 1.60 bits per heavy atom. The van der Waals surface area contributed by atoms with E-state index in [9.17, 15) is 10.1 Å². The smallest absolute Gasteiger partial charge is 0.274 e. The van der Waals surface area contributed by atoms with Crippen LogP contribution in [0.4, 0.5) is 11.4 Å². The minimum atomic E-state index is -0.427. The number of hydrogen-bond acceptors (Lipinski definition) is 3. The van der Waals surface area contributed by atoms with E-state index in [0.717, 1.165) is 10.9 Å². The zero-order chi connectivity index (χ0) is 11.4. The topological polar surface area (TPSA) is 69.2 Å². The van der Waals surface area contributed by atoms with Gasteiger partial charge in [0.1, 0.15) is 0 Å². The minimum absolute atomic E-state index is 0.0588. The Hall–Kier alpha value is -1.36. The number of halogens is 1. The number of nitrogens with zero attached hydrogens (tertiary/aromatic N) is 1. The molecular weight excluding hydrogens is 260 g/mol. The lowest BCUT2D eigenvalue weighted by atomic mass is 10.1. The van der Waals surface area contributed by atoms with Gasteiger partial charge in [-0.25, -0.2) is 0 Å². The van der Waals surface area contributed by atoms with Crippen LogP contribution in [0.3, 0.4) is 0 Å². The van der Waals surface area contributed by atoms with Gasteiger partial charge in [-0.1, -0.05) is 28.1 Å². The van der Waals surface area contributed by atoms with Crippen LogP contribution in [0.5, 0.6) is 0 Å². The summed E-state index contributed by atoms with van der Waals surface area (Å²) in [6, 6.07) is 3.11. The summed E-state index contributed by atoms with van der Waals surface area (Å²) in [4.78, 5) is 10.2. The fourth-order valence-corrected chi connectivity index (χ4v) is 1.43. The van der Waals surface area contributed by atoms with Gasteiger partial charge >= 0.3 is 0 Å². The molecule has 1 aromatic rings. The molecule has 0 saturated carbocycles. The Balaban J connectivity index is 3.19. The lowest BCUT2D eigenvalue weighted by Gasteiger charge is -2.03. The largest absolute Gasteiger partial charge is 0.398 e. The van der Waals surface area contributed by atoms with Crippen molar-refractivity contribution in [2.45, 2.75) is 6.92 Å². The van der Waals surface area contributed by atoms with E-state index in [2.05, 4.69) is 15.9 Å². The van der Waals surface area contributed by atoms with E-state index >= 15 is 0 Å². The Kier molecular flexibility index (Phi) is 3.85. The van der Waals surface area contributed by atoms with Crippen LogP contribution in [-0.2, 0) is 0 Å². The molecule has 1 aromatic carbocycles. The maximum absolute atomic E-state index is 10.6. The second-order valence-corrected chi connectivity index (χ2v) is 3.73. The standard InChI is InChI=1S/C10H11BrN2O2/c1-7-5-8(3-2-4-11)9(12)6-10(7)13(14)15/h2-3,5-6H,4,12H2,1H3. The van der Waals surface area contributed by atoms with Crippen LogP contribution in [-0.4, -0.2) is 10.3 Å². The molecule has 0 aromatic heterocycles. The number of alkyl halides is 1. The quantitative estimate of drug-likeness (QED) is 0.397. The maximum atomic E-state index is 10.6. The van der Waals surface area contributed by atoms with Gasteiger partial charge in [0.15, 0.2) is 0 Å². The second-order valence-electron chi connectivity index (χ2n) is 3.08. The summed E-state index contributed by atoms with van der Waals surface area (Å²) in [7, 11) is 0. The van der Waals surface area contributed by atoms with Crippen molar-refractivity contribution < 1.29 is 4.92 Å². The molecule has 15 heavy (non-hydrogen) atoms. The number of nitrogens with two attached hydrogens (primary N) is 1. The van der Waals surface area contributed by atoms with E-state index in [1.165, 1.54) is 6.07 Å². The first-order valence-corrected chi connectivity index (χ1v) is 5.45. The van der Waals surface area contributed by atoms with E-state index in [0.29, 0.717) is 11.3 Å². The highest BCUT2D eigenvalue weighted by molar-refractivity contribution is 9.09. The summed E-state index contributed by atoms with van der Waals surface area (Å²) in [6.45, 7) is 1.70. The highest BCUT2D eigenvalue weighted by Crippen LogP contribution is 2.25. The monoisotopic (exact) mass is 270 g/mol. The number of nitro groups is 1. The number of aryl methyl sites for hydroxylation is 1. The molecule has 0 saturated heterocycles. The van der Waals surface area contributed by atoms with Crippen LogP contribution >= 0.6 is 15.9 Å². The zero-order valence-corrected chi connectivity index (χ0v) is 9.82. The van der Waals surface area contributed by atoms with Crippen molar-refractivity contribution in [3.05, 3.63) is 39.4 Å². The molecule has 4 nitrogen and oxygen atoms in total. The molecule has 0 atom stereocenters. The van der Waals surface area contributed by atoms with Crippen molar-refractivity contribution in [2.75, 3.05) is 11.1 Å². The Bertz CT molecular complexity index is 416. The first kappa shape index (κ1) is 11.7. The van der Waals surface area contributed by atoms with E-state index in [-0.39, 0.29) is 5.69 Å². The third-order valence-corrected chi connectivity index (χ3v) is 2.36. The fourth-order valence-electron chi connectivity index (χ4n) is 1.25. The summed E-state index contributed by atoms with van der Waals surface area (Å²) in [5, 5.41) is 11.3. The molecule has 0 fully saturated rings. The fraction of sp³-hybridized carbons (Fsp3) is 0.200. The number of nitro benzene ring substituents is 1. The minimum Gasteiger partial charge on any atom is -0.398 e. The molecule has 0 radical (unpaired) electrons. The Morgan fingerprint density at radius 3 is 2.80 bits per heavy atom. The summed E-state index contributed by atoms with van der Waals surface area (Å²) < 4.78 is 0. The van der Waals surface area contributed by atoms with Gasteiger partial charge in [-0.05, 0) is 18.6 Å². The van der Waals surface area contributed by atoms with Gasteiger partial charge in [0.25, 0.3) is 5.69 Å². The van der Waals surface area contributed by atoms with Crippen molar-refractivity contribution in [1.82, 2.24) is 0 Å². The molecule has 2 N–H and O–H groups in total. The molecule has 0 amide bonds. The number of nitrogen functional groups attached to an aromatic ring is 1. The zero-order valence-electron chi connectivity index (χ0n) is 8.24. The van der Waals surface area contributed by atoms with E-state index in [1.807, 2.05) is 12.2 Å². The second kappa shape index (κ2) is 4.93. The summed E-state index contributed by atoms with van der Waals surface area (Å²) in [5.41, 5.74) is 7.60. The molecule has 0 aliphatic heterocycles. The van der Waals surface area contributed by atoms with Crippen LogP contribution in [0, 0.1) is 17.0 Å². The summed E-state index contributed by atoms with van der Waals surface area (Å²) in [6.07, 6.45) is 3.72. The van der Waals surface area contributed by atoms with Crippen LogP contribution in [0.1, 0.15) is 11.1 Å². The average Bonchev–Trinajstić information content (AvgIpc) is 2.18. The van der Waals surface area contributed by atoms with E-state index in [4.69, 9.17) is 5.73 Å². The molecule has 0 aliphatic carbocycles. The normalized spacial score (nSPS) is 10.8. The first-order chi connectivity index (χ1) is 7.06. The van der Waals surface area contributed by atoms with Crippen molar-refractivity contribution in [3.63, 3.8) is 0 Å².